The first-order valence-electron chi connectivity index (χ1n) is 9.11. The Balaban J connectivity index is 1.67. The molecule has 0 saturated carbocycles. The summed E-state index contributed by atoms with van der Waals surface area (Å²) in [5.41, 5.74) is 2.75. The molecule has 6 heteroatoms. The minimum absolute atomic E-state index is 0.0580. The van der Waals surface area contributed by atoms with Crippen LogP contribution in [0.4, 0.5) is 5.69 Å². The Morgan fingerprint density at radius 3 is 2.45 bits per heavy atom. The van der Waals surface area contributed by atoms with Crippen molar-refractivity contribution in [1.29, 1.82) is 0 Å². The normalized spacial score (nSPS) is 16.6. The lowest BCUT2D eigenvalue weighted by molar-refractivity contribution is -0.122. The number of aliphatic imine (C=N–C) groups is 1. The molecule has 2 aromatic carbocycles. The lowest BCUT2D eigenvalue weighted by Crippen LogP contribution is -2.28. The number of pyridine rings is 1. The van der Waals surface area contributed by atoms with Gasteiger partial charge in [0.2, 0.25) is 0 Å². The van der Waals surface area contributed by atoms with Crippen LogP contribution >= 0.6 is 11.8 Å². The van der Waals surface area contributed by atoms with Crippen molar-refractivity contribution in [3.05, 3.63) is 95.2 Å². The monoisotopic (exact) mass is 401 g/mol. The number of hydrogen-bond acceptors (Lipinski definition) is 5. The molecule has 0 bridgehead atoms. The van der Waals surface area contributed by atoms with Gasteiger partial charge < -0.3 is 4.74 Å². The van der Waals surface area contributed by atoms with Crippen LogP contribution in [0.1, 0.15) is 11.1 Å². The number of rotatable bonds is 5. The highest BCUT2D eigenvalue weighted by molar-refractivity contribution is 8.18. The number of amidine groups is 1. The quantitative estimate of drug-likeness (QED) is 0.571. The fraction of sp³-hybridized carbons (Fsp3) is 0.0870. The van der Waals surface area contributed by atoms with Crippen LogP contribution < -0.4 is 4.74 Å². The SMILES string of the molecule is COc1ccc(/C=C2/SC(=Nc3ccccc3)N(Cc3ccncc3)C2=O)cc1. The number of carbonyl (C=O) groups excluding carboxylic acids is 1. The summed E-state index contributed by atoms with van der Waals surface area (Å²) in [6.45, 7) is 0.444. The molecule has 0 atom stereocenters. The third-order valence-corrected chi connectivity index (χ3v) is 5.38. The first kappa shape index (κ1) is 19.0. The van der Waals surface area contributed by atoms with Crippen LogP contribution in [0.5, 0.6) is 5.75 Å². The van der Waals surface area contributed by atoms with E-state index >= 15 is 0 Å². The number of nitrogens with zero attached hydrogens (tertiary/aromatic N) is 3. The maximum atomic E-state index is 13.2. The molecular formula is C23H19N3O2S. The lowest BCUT2D eigenvalue weighted by atomic mass is 10.2. The van der Waals surface area contributed by atoms with Gasteiger partial charge in [0.15, 0.2) is 5.17 Å². The van der Waals surface area contributed by atoms with Gasteiger partial charge in [0.1, 0.15) is 5.75 Å². The second kappa shape index (κ2) is 8.75. The number of benzene rings is 2. The van der Waals surface area contributed by atoms with Crippen molar-refractivity contribution in [3.63, 3.8) is 0 Å². The topological polar surface area (TPSA) is 54.8 Å². The van der Waals surface area contributed by atoms with Gasteiger partial charge in [0.25, 0.3) is 5.91 Å². The molecule has 144 valence electrons. The molecule has 0 aliphatic carbocycles. The largest absolute Gasteiger partial charge is 0.497 e. The Morgan fingerprint density at radius 1 is 1.03 bits per heavy atom. The minimum atomic E-state index is -0.0580. The van der Waals surface area contributed by atoms with E-state index in [-0.39, 0.29) is 5.91 Å². The second-order valence-corrected chi connectivity index (χ2v) is 7.37. The summed E-state index contributed by atoms with van der Waals surface area (Å²) < 4.78 is 5.20. The Hall–Kier alpha value is -3.38. The van der Waals surface area contributed by atoms with Gasteiger partial charge in [-0.2, -0.15) is 0 Å². The van der Waals surface area contributed by atoms with Crippen molar-refractivity contribution in [2.75, 3.05) is 7.11 Å². The van der Waals surface area contributed by atoms with Gasteiger partial charge in [-0.15, -0.1) is 0 Å². The summed E-state index contributed by atoms with van der Waals surface area (Å²) in [4.78, 5) is 24.3. The predicted molar refractivity (Wildman–Crippen MR) is 117 cm³/mol. The van der Waals surface area contributed by atoms with Crippen molar-refractivity contribution >= 4 is 34.6 Å². The second-order valence-electron chi connectivity index (χ2n) is 6.36. The molecule has 0 radical (unpaired) electrons. The first-order valence-corrected chi connectivity index (χ1v) is 9.93. The first-order chi connectivity index (χ1) is 14.2. The molecule has 3 aromatic rings. The number of thioether (sulfide) groups is 1. The van der Waals surface area contributed by atoms with Gasteiger partial charge in [0.05, 0.1) is 24.2 Å². The highest BCUT2D eigenvalue weighted by atomic mass is 32.2. The van der Waals surface area contributed by atoms with Crippen molar-refractivity contribution in [1.82, 2.24) is 9.88 Å². The lowest BCUT2D eigenvalue weighted by Gasteiger charge is -2.15. The number of carbonyl (C=O) groups is 1. The van der Waals surface area contributed by atoms with E-state index in [4.69, 9.17) is 9.73 Å². The zero-order valence-electron chi connectivity index (χ0n) is 15.9. The zero-order valence-corrected chi connectivity index (χ0v) is 16.7. The summed E-state index contributed by atoms with van der Waals surface area (Å²) in [5.74, 6) is 0.723. The summed E-state index contributed by atoms with van der Waals surface area (Å²) in [7, 11) is 1.63. The summed E-state index contributed by atoms with van der Waals surface area (Å²) in [6, 6.07) is 21.1. The molecule has 1 aromatic heterocycles. The van der Waals surface area contributed by atoms with Crippen LogP contribution in [0.25, 0.3) is 6.08 Å². The highest BCUT2D eigenvalue weighted by Gasteiger charge is 2.33. The van der Waals surface area contributed by atoms with Crippen LogP contribution in [0.2, 0.25) is 0 Å². The van der Waals surface area contributed by atoms with E-state index in [9.17, 15) is 4.79 Å². The third kappa shape index (κ3) is 4.55. The molecule has 0 N–H and O–H groups in total. The average Bonchev–Trinajstić information content (AvgIpc) is 3.04. The van der Waals surface area contributed by atoms with Gasteiger partial charge in [-0.1, -0.05) is 30.3 Å². The number of methoxy groups -OCH3 is 1. The molecule has 5 nitrogen and oxygen atoms in total. The molecular weight excluding hydrogens is 382 g/mol. The molecule has 1 amide bonds. The fourth-order valence-electron chi connectivity index (χ4n) is 2.87. The Labute approximate surface area is 173 Å². The van der Waals surface area contributed by atoms with Gasteiger partial charge in [-0.25, -0.2) is 4.99 Å². The third-order valence-electron chi connectivity index (χ3n) is 4.37. The maximum Gasteiger partial charge on any atom is 0.267 e. The van der Waals surface area contributed by atoms with E-state index in [2.05, 4.69) is 4.98 Å². The van der Waals surface area contributed by atoms with E-state index in [1.54, 1.807) is 24.4 Å². The van der Waals surface area contributed by atoms with Crippen molar-refractivity contribution in [2.45, 2.75) is 6.54 Å². The minimum Gasteiger partial charge on any atom is -0.497 e. The molecule has 1 aliphatic rings. The number of aromatic nitrogens is 1. The van der Waals surface area contributed by atoms with Gasteiger partial charge in [-0.05, 0) is 65.4 Å². The van der Waals surface area contributed by atoms with Gasteiger partial charge >= 0.3 is 0 Å². The maximum absolute atomic E-state index is 13.2. The smallest absolute Gasteiger partial charge is 0.267 e. The molecule has 0 spiro atoms. The van der Waals surface area contributed by atoms with E-state index < -0.39 is 0 Å². The average molecular weight is 401 g/mol. The van der Waals surface area contributed by atoms with E-state index in [0.717, 1.165) is 22.6 Å². The molecule has 1 saturated heterocycles. The Bertz CT molecular complexity index is 1050. The summed E-state index contributed by atoms with van der Waals surface area (Å²) >= 11 is 1.39. The molecule has 1 aliphatic heterocycles. The fourth-order valence-corrected chi connectivity index (χ4v) is 3.86. The molecule has 29 heavy (non-hydrogen) atoms. The van der Waals surface area contributed by atoms with Crippen LogP contribution in [0.15, 0.2) is 89.0 Å². The number of para-hydroxylation sites is 1. The molecule has 2 heterocycles. The van der Waals surface area contributed by atoms with Crippen molar-refractivity contribution in [3.8, 4) is 5.75 Å². The number of hydrogen-bond donors (Lipinski definition) is 0. The Kier molecular flexibility index (Phi) is 5.72. The van der Waals surface area contributed by atoms with Crippen molar-refractivity contribution < 1.29 is 9.53 Å². The van der Waals surface area contributed by atoms with Crippen LogP contribution in [-0.4, -0.2) is 28.1 Å². The summed E-state index contributed by atoms with van der Waals surface area (Å²) in [5, 5.41) is 0.665. The van der Waals surface area contributed by atoms with Crippen LogP contribution in [0, 0.1) is 0 Å². The number of amides is 1. The number of ether oxygens (including phenoxy) is 1. The van der Waals surface area contributed by atoms with Crippen molar-refractivity contribution in [2.24, 2.45) is 4.99 Å². The standard InChI is InChI=1S/C23H19N3O2S/c1-28-20-9-7-17(8-10-20)15-21-22(27)26(16-18-11-13-24-14-12-18)23(29-21)25-19-5-3-2-4-6-19/h2-15H,16H2,1H3/b21-15+,25-23?. The molecule has 4 rings (SSSR count). The highest BCUT2D eigenvalue weighted by Crippen LogP contribution is 2.35. The summed E-state index contributed by atoms with van der Waals surface area (Å²) in [6.07, 6.45) is 5.34. The Morgan fingerprint density at radius 2 is 1.76 bits per heavy atom. The molecule has 1 fully saturated rings. The van der Waals surface area contributed by atoms with E-state index in [1.165, 1.54) is 11.8 Å². The predicted octanol–water partition coefficient (Wildman–Crippen LogP) is 4.89. The van der Waals surface area contributed by atoms with Gasteiger partial charge in [-0.3, -0.25) is 14.7 Å². The van der Waals surface area contributed by atoms with E-state index in [1.807, 2.05) is 72.8 Å². The van der Waals surface area contributed by atoms with Crippen LogP contribution in [0.3, 0.4) is 0 Å². The van der Waals surface area contributed by atoms with E-state index in [0.29, 0.717) is 16.6 Å². The van der Waals surface area contributed by atoms with Gasteiger partial charge in [0, 0.05) is 12.4 Å². The van der Waals surface area contributed by atoms with Crippen LogP contribution in [-0.2, 0) is 11.3 Å². The zero-order chi connectivity index (χ0) is 20.1. The molecule has 0 unspecified atom stereocenters.